The molecule has 0 heterocycles. The SMILES string of the molecule is CN(C)[C@@H]1C(=O)C(C(N)=O)C(=O)[C@@]2(O)C(=O)C3C(=O)c4c(ccc(C5CCCCC5)c4O)C[C@H]3[C@H](O)[C@@H]12. The Kier molecular flexibility index (Phi) is 6.12. The lowest BCUT2D eigenvalue weighted by atomic mass is 9.51. The van der Waals surface area contributed by atoms with Crippen LogP contribution in [0.15, 0.2) is 12.1 Å². The maximum Gasteiger partial charge on any atom is 0.235 e. The van der Waals surface area contributed by atoms with E-state index in [2.05, 4.69) is 0 Å². The highest BCUT2D eigenvalue weighted by atomic mass is 16.3. The second-order valence-electron chi connectivity index (χ2n) is 11.2. The minimum atomic E-state index is -2.97. The van der Waals surface area contributed by atoms with Crippen LogP contribution in [-0.2, 0) is 25.6 Å². The lowest BCUT2D eigenvalue weighted by Gasteiger charge is -2.54. The number of rotatable bonds is 3. The van der Waals surface area contributed by atoms with Crippen molar-refractivity contribution in [3.8, 4) is 5.75 Å². The van der Waals surface area contributed by atoms with Crippen molar-refractivity contribution in [1.82, 2.24) is 4.90 Å². The number of phenols is 1. The minimum absolute atomic E-state index is 0.0260. The molecule has 37 heavy (non-hydrogen) atoms. The minimum Gasteiger partial charge on any atom is -0.507 e. The number of hydrogen-bond acceptors (Lipinski definition) is 9. The molecule has 4 aliphatic rings. The third kappa shape index (κ3) is 3.45. The van der Waals surface area contributed by atoms with E-state index < -0.39 is 70.5 Å². The largest absolute Gasteiger partial charge is 0.507 e. The fraction of sp³-hybridized carbons (Fsp3) is 0.593. The molecule has 3 fully saturated rings. The Morgan fingerprint density at radius 1 is 1.05 bits per heavy atom. The molecule has 10 nitrogen and oxygen atoms in total. The van der Waals surface area contributed by atoms with Gasteiger partial charge in [0.15, 0.2) is 34.7 Å². The first kappa shape index (κ1) is 25.7. The third-order valence-corrected chi connectivity index (χ3v) is 9.10. The molecule has 1 aromatic carbocycles. The van der Waals surface area contributed by atoms with Gasteiger partial charge >= 0.3 is 0 Å². The first-order valence-corrected chi connectivity index (χ1v) is 12.8. The van der Waals surface area contributed by atoms with Gasteiger partial charge in [-0.2, -0.15) is 0 Å². The van der Waals surface area contributed by atoms with Crippen LogP contribution in [0.1, 0.15) is 59.5 Å². The molecule has 0 saturated heterocycles. The van der Waals surface area contributed by atoms with Crippen LogP contribution in [0.4, 0.5) is 0 Å². The lowest BCUT2D eigenvalue weighted by molar-refractivity contribution is -0.195. The number of benzene rings is 1. The molecule has 4 aliphatic carbocycles. The third-order valence-electron chi connectivity index (χ3n) is 9.10. The zero-order chi connectivity index (χ0) is 27.0. The van der Waals surface area contributed by atoms with Crippen LogP contribution in [0.5, 0.6) is 5.75 Å². The van der Waals surface area contributed by atoms with Gasteiger partial charge in [-0.15, -0.1) is 0 Å². The summed E-state index contributed by atoms with van der Waals surface area (Å²) in [6.07, 6.45) is 3.30. The van der Waals surface area contributed by atoms with E-state index in [1.807, 2.05) is 0 Å². The summed E-state index contributed by atoms with van der Waals surface area (Å²) >= 11 is 0. The monoisotopic (exact) mass is 512 g/mol. The predicted molar refractivity (Wildman–Crippen MR) is 129 cm³/mol. The van der Waals surface area contributed by atoms with E-state index >= 15 is 0 Å². The summed E-state index contributed by atoms with van der Waals surface area (Å²) in [5, 5.41) is 34.3. The smallest absolute Gasteiger partial charge is 0.235 e. The summed E-state index contributed by atoms with van der Waals surface area (Å²) < 4.78 is 0. The number of ketones is 4. The fourth-order valence-electron chi connectivity index (χ4n) is 7.35. The quantitative estimate of drug-likeness (QED) is 0.403. The zero-order valence-corrected chi connectivity index (χ0v) is 20.8. The van der Waals surface area contributed by atoms with Crippen molar-refractivity contribution in [2.45, 2.75) is 62.2 Å². The summed E-state index contributed by atoms with van der Waals surface area (Å²) in [4.78, 5) is 67.5. The van der Waals surface area contributed by atoms with Crippen LogP contribution >= 0.6 is 0 Å². The van der Waals surface area contributed by atoms with E-state index in [1.165, 1.54) is 19.0 Å². The van der Waals surface area contributed by atoms with Crippen molar-refractivity contribution in [3.63, 3.8) is 0 Å². The molecule has 10 heteroatoms. The highest BCUT2D eigenvalue weighted by Gasteiger charge is 2.72. The number of phenolic OH excluding ortho intramolecular Hbond substituents is 1. The van der Waals surface area contributed by atoms with Crippen LogP contribution in [-0.4, -0.2) is 81.1 Å². The number of Topliss-reactive ketones (excluding diaryl/α,β-unsaturated/α-hetero) is 4. The fourth-order valence-corrected chi connectivity index (χ4v) is 7.35. The van der Waals surface area contributed by atoms with Gasteiger partial charge in [0, 0.05) is 5.92 Å². The Morgan fingerprint density at radius 2 is 1.70 bits per heavy atom. The normalized spacial score (nSPS) is 36.2. The summed E-state index contributed by atoms with van der Waals surface area (Å²) in [6.45, 7) is 0. The molecule has 7 atom stereocenters. The predicted octanol–water partition coefficient (Wildman–Crippen LogP) is -0.114. The number of aliphatic hydroxyl groups is 2. The van der Waals surface area contributed by atoms with Gasteiger partial charge in [-0.3, -0.25) is 28.9 Å². The number of primary amides is 1. The molecule has 3 saturated carbocycles. The molecule has 2 unspecified atom stereocenters. The number of likely N-dealkylation sites (N-methyl/N-ethyl adjacent to an activating group) is 1. The topological polar surface area (TPSA) is 175 Å². The number of hydrogen-bond donors (Lipinski definition) is 4. The van der Waals surface area contributed by atoms with E-state index in [1.54, 1.807) is 12.1 Å². The maximum absolute atomic E-state index is 13.9. The summed E-state index contributed by atoms with van der Waals surface area (Å²) in [7, 11) is 2.93. The van der Waals surface area contributed by atoms with E-state index in [-0.39, 0.29) is 23.7 Å². The second kappa shape index (κ2) is 8.82. The Hall–Kier alpha value is -2.95. The maximum atomic E-state index is 13.9. The number of fused-ring (bicyclic) bond motifs is 3. The van der Waals surface area contributed by atoms with Gasteiger partial charge in [0.1, 0.15) is 5.75 Å². The second-order valence-corrected chi connectivity index (χ2v) is 11.2. The van der Waals surface area contributed by atoms with Crippen molar-refractivity contribution < 1.29 is 39.3 Å². The summed E-state index contributed by atoms with van der Waals surface area (Å²) in [5.41, 5.74) is 3.42. The van der Waals surface area contributed by atoms with E-state index in [0.29, 0.717) is 11.1 Å². The Bertz CT molecular complexity index is 1220. The zero-order valence-electron chi connectivity index (χ0n) is 20.8. The lowest BCUT2D eigenvalue weighted by Crippen LogP contribution is -2.77. The molecule has 5 N–H and O–H groups in total. The molecule has 1 aromatic rings. The molecular weight excluding hydrogens is 480 g/mol. The average Bonchev–Trinajstić information content (AvgIpc) is 2.84. The number of nitrogens with two attached hydrogens (primary N) is 1. The molecule has 0 bridgehead atoms. The standard InChI is InChI=1S/C27H32N2O8/c1-29(2)19-18-21(31)14-10-12-8-9-13(11-6-4-3-5-7-11)20(30)15(12)22(32)16(14)24(34)27(18,37)25(35)17(23(19)33)26(28)36/h8-9,11,14,16-19,21,30-31,37H,3-7,10H2,1-2H3,(H2,28,36)/t14-,16?,17?,18-,19+,21+,27+/m1/s1. The number of aliphatic hydroxyl groups excluding tert-OH is 1. The van der Waals surface area contributed by atoms with Gasteiger partial charge in [0.2, 0.25) is 5.91 Å². The number of nitrogens with zero attached hydrogens (tertiary/aromatic N) is 1. The van der Waals surface area contributed by atoms with Crippen molar-refractivity contribution in [2.24, 2.45) is 29.4 Å². The highest BCUT2D eigenvalue weighted by Crippen LogP contribution is 2.51. The number of amides is 1. The Morgan fingerprint density at radius 3 is 2.30 bits per heavy atom. The van der Waals surface area contributed by atoms with Crippen molar-refractivity contribution in [3.05, 3.63) is 28.8 Å². The van der Waals surface area contributed by atoms with Gasteiger partial charge in [0.25, 0.3) is 0 Å². The van der Waals surface area contributed by atoms with Gasteiger partial charge in [-0.1, -0.05) is 31.4 Å². The molecule has 198 valence electrons. The van der Waals surface area contributed by atoms with Crippen molar-refractivity contribution >= 4 is 29.0 Å². The Labute approximate surface area is 213 Å². The van der Waals surface area contributed by atoms with Gasteiger partial charge in [-0.25, -0.2) is 0 Å². The van der Waals surface area contributed by atoms with Crippen LogP contribution in [0.2, 0.25) is 0 Å². The molecule has 5 rings (SSSR count). The van der Waals surface area contributed by atoms with Gasteiger partial charge in [-0.05, 0) is 50.4 Å². The average molecular weight is 513 g/mol. The molecule has 0 radical (unpaired) electrons. The molecule has 0 spiro atoms. The van der Waals surface area contributed by atoms with E-state index in [0.717, 1.165) is 32.1 Å². The summed E-state index contributed by atoms with van der Waals surface area (Å²) in [6, 6.07) is 2.16. The van der Waals surface area contributed by atoms with Gasteiger partial charge < -0.3 is 21.1 Å². The summed E-state index contributed by atoms with van der Waals surface area (Å²) in [5.74, 6) is -12.0. The van der Waals surface area contributed by atoms with E-state index in [9.17, 15) is 39.3 Å². The van der Waals surface area contributed by atoms with Crippen molar-refractivity contribution in [2.75, 3.05) is 14.1 Å². The molecule has 0 aliphatic heterocycles. The van der Waals surface area contributed by atoms with Crippen LogP contribution < -0.4 is 5.73 Å². The molecular formula is C27H32N2O8. The number of carbonyl (C=O) groups excluding carboxylic acids is 5. The highest BCUT2D eigenvalue weighted by molar-refractivity contribution is 6.32. The molecule has 0 aromatic heterocycles. The molecule has 1 amide bonds. The van der Waals surface area contributed by atoms with Crippen molar-refractivity contribution in [1.29, 1.82) is 0 Å². The number of carbonyl (C=O) groups is 5. The van der Waals surface area contributed by atoms with Gasteiger partial charge in [0.05, 0.1) is 29.5 Å². The Balaban J connectivity index is 1.63. The number of aromatic hydroxyl groups is 1. The first-order valence-electron chi connectivity index (χ1n) is 12.8. The van der Waals surface area contributed by atoms with Crippen LogP contribution in [0, 0.1) is 23.7 Å². The van der Waals surface area contributed by atoms with E-state index in [4.69, 9.17) is 5.73 Å². The van der Waals surface area contributed by atoms with Crippen LogP contribution in [0.25, 0.3) is 0 Å². The first-order chi connectivity index (χ1) is 17.4. The van der Waals surface area contributed by atoms with Crippen LogP contribution in [0.3, 0.4) is 0 Å².